The normalized spacial score (nSPS) is 12.9. The average Bonchev–Trinajstić information content (AvgIpc) is 3.08. The van der Waals surface area contributed by atoms with E-state index in [1.54, 1.807) is 0 Å². The third kappa shape index (κ3) is 3.19. The number of nitrogens with one attached hydrogen (secondary N) is 1. The maximum Gasteiger partial charge on any atom is 0.416 e. The molecule has 1 atom stereocenters. The van der Waals surface area contributed by atoms with Gasteiger partial charge in [0.25, 0.3) is 5.56 Å². The highest BCUT2D eigenvalue weighted by Gasteiger charge is 2.30. The second-order valence-electron chi connectivity index (χ2n) is 6.27. The molecule has 3 aromatic rings. The van der Waals surface area contributed by atoms with Crippen LogP contribution in [0.25, 0.3) is 11.2 Å². The average molecular weight is 395 g/mol. The van der Waals surface area contributed by atoms with E-state index in [0.717, 1.165) is 16.7 Å². The van der Waals surface area contributed by atoms with Crippen LogP contribution in [-0.2, 0) is 25.1 Å². The first-order chi connectivity index (χ1) is 13.0. The number of rotatable bonds is 3. The van der Waals surface area contributed by atoms with Crippen LogP contribution in [0.5, 0.6) is 0 Å². The molecule has 0 aliphatic rings. The Morgan fingerprint density at radius 2 is 1.86 bits per heavy atom. The van der Waals surface area contributed by atoms with Gasteiger partial charge in [-0.3, -0.25) is 18.7 Å². The molecule has 2 heterocycles. The van der Waals surface area contributed by atoms with E-state index < -0.39 is 34.9 Å². The lowest BCUT2D eigenvalue weighted by Crippen LogP contribution is -2.38. The summed E-state index contributed by atoms with van der Waals surface area (Å²) in [5.74, 6) is -0.644. The van der Waals surface area contributed by atoms with Crippen LogP contribution < -0.4 is 16.6 Å². The van der Waals surface area contributed by atoms with E-state index in [2.05, 4.69) is 10.3 Å². The van der Waals surface area contributed by atoms with Crippen LogP contribution >= 0.6 is 0 Å². The fourth-order valence-electron chi connectivity index (χ4n) is 2.80. The molecule has 8 nitrogen and oxygen atoms in total. The van der Waals surface area contributed by atoms with E-state index in [4.69, 9.17) is 0 Å². The molecule has 148 valence electrons. The number of aromatic nitrogens is 4. The summed E-state index contributed by atoms with van der Waals surface area (Å²) in [5, 5.41) is 2.40. The lowest BCUT2D eigenvalue weighted by atomic mass is 10.2. The van der Waals surface area contributed by atoms with Crippen LogP contribution in [0, 0.1) is 0 Å². The molecule has 3 rings (SSSR count). The highest BCUT2D eigenvalue weighted by molar-refractivity contribution is 5.94. The number of amides is 1. The molecule has 0 aliphatic heterocycles. The van der Waals surface area contributed by atoms with E-state index in [9.17, 15) is 27.6 Å². The van der Waals surface area contributed by atoms with Crippen molar-refractivity contribution in [1.29, 1.82) is 0 Å². The summed E-state index contributed by atoms with van der Waals surface area (Å²) in [4.78, 5) is 41.0. The van der Waals surface area contributed by atoms with Crippen molar-refractivity contribution in [1.82, 2.24) is 18.7 Å². The number of alkyl halides is 3. The van der Waals surface area contributed by atoms with Crippen molar-refractivity contribution >= 4 is 22.8 Å². The molecule has 0 saturated heterocycles. The Morgan fingerprint density at radius 3 is 2.50 bits per heavy atom. The third-order valence-electron chi connectivity index (χ3n) is 4.43. The van der Waals surface area contributed by atoms with Gasteiger partial charge in [-0.15, -0.1) is 0 Å². The minimum Gasteiger partial charge on any atom is -0.324 e. The van der Waals surface area contributed by atoms with Crippen LogP contribution in [0.2, 0.25) is 0 Å². The largest absolute Gasteiger partial charge is 0.416 e. The molecule has 28 heavy (non-hydrogen) atoms. The Kier molecular flexibility index (Phi) is 4.61. The van der Waals surface area contributed by atoms with Gasteiger partial charge in [0.2, 0.25) is 5.91 Å². The lowest BCUT2D eigenvalue weighted by Gasteiger charge is -2.15. The molecule has 11 heteroatoms. The lowest BCUT2D eigenvalue weighted by molar-refractivity contribution is -0.137. The number of fused-ring (bicyclic) bond motifs is 1. The summed E-state index contributed by atoms with van der Waals surface area (Å²) in [6.07, 6.45) is -3.30. The minimum atomic E-state index is -4.54. The van der Waals surface area contributed by atoms with Gasteiger partial charge in [0, 0.05) is 19.8 Å². The van der Waals surface area contributed by atoms with Gasteiger partial charge in [0.15, 0.2) is 11.2 Å². The number of imidazole rings is 1. The number of carbonyl (C=O) groups excluding carboxylic acids is 1. The van der Waals surface area contributed by atoms with Crippen molar-refractivity contribution in [2.24, 2.45) is 14.1 Å². The fraction of sp³-hybridized carbons (Fsp3) is 0.294. The number of nitrogens with zero attached hydrogens (tertiary/aromatic N) is 4. The molecule has 1 aromatic carbocycles. The number of anilines is 1. The number of hydrogen-bond acceptors (Lipinski definition) is 4. The first kappa shape index (κ1) is 19.4. The van der Waals surface area contributed by atoms with E-state index >= 15 is 0 Å². The third-order valence-corrected chi connectivity index (χ3v) is 4.43. The second kappa shape index (κ2) is 6.66. The van der Waals surface area contributed by atoms with Gasteiger partial charge in [0.05, 0.1) is 11.9 Å². The first-order valence-electron chi connectivity index (χ1n) is 8.13. The zero-order chi connectivity index (χ0) is 20.8. The number of aryl methyl sites for hydroxylation is 1. The van der Waals surface area contributed by atoms with Gasteiger partial charge in [-0.25, -0.2) is 9.78 Å². The van der Waals surface area contributed by atoms with E-state index in [1.807, 2.05) is 0 Å². The van der Waals surface area contributed by atoms with Crippen LogP contribution in [0.3, 0.4) is 0 Å². The van der Waals surface area contributed by atoms with Crippen molar-refractivity contribution in [3.05, 3.63) is 57.0 Å². The summed E-state index contributed by atoms with van der Waals surface area (Å²) in [7, 11) is 2.74. The zero-order valence-electron chi connectivity index (χ0n) is 15.1. The summed E-state index contributed by atoms with van der Waals surface area (Å²) < 4.78 is 41.8. The molecule has 0 bridgehead atoms. The van der Waals surface area contributed by atoms with Crippen LogP contribution in [0.15, 0.2) is 40.2 Å². The van der Waals surface area contributed by atoms with Crippen LogP contribution in [0.4, 0.5) is 18.9 Å². The topological polar surface area (TPSA) is 90.9 Å². The van der Waals surface area contributed by atoms with Crippen molar-refractivity contribution in [3.63, 3.8) is 0 Å². The molecule has 0 radical (unpaired) electrons. The Balaban J connectivity index is 1.97. The quantitative estimate of drug-likeness (QED) is 0.730. The molecule has 2 aromatic heterocycles. The Bertz CT molecular complexity index is 1190. The van der Waals surface area contributed by atoms with Gasteiger partial charge in [-0.2, -0.15) is 13.2 Å². The van der Waals surface area contributed by atoms with Gasteiger partial charge in [-0.1, -0.05) is 6.07 Å². The van der Waals surface area contributed by atoms with E-state index in [1.165, 1.54) is 48.6 Å². The summed E-state index contributed by atoms with van der Waals surface area (Å²) in [6.45, 7) is 1.47. The Labute approximate surface area is 155 Å². The Morgan fingerprint density at radius 1 is 1.18 bits per heavy atom. The molecule has 0 spiro atoms. The van der Waals surface area contributed by atoms with Gasteiger partial charge in [0.1, 0.15) is 6.04 Å². The zero-order valence-corrected chi connectivity index (χ0v) is 15.1. The summed E-state index contributed by atoms with van der Waals surface area (Å²) in [5.41, 5.74) is -1.98. The fourth-order valence-corrected chi connectivity index (χ4v) is 2.80. The molecular formula is C17H16F3N5O3. The smallest absolute Gasteiger partial charge is 0.324 e. The molecular weight excluding hydrogens is 379 g/mol. The van der Waals surface area contributed by atoms with Crippen molar-refractivity contribution in [3.8, 4) is 0 Å². The molecule has 1 unspecified atom stereocenters. The standard InChI is InChI=1S/C17H16F3N5O3/c1-9(14(26)22-11-6-4-5-10(7-11)17(18,19)20)25-8-21-13-12(25)15(27)24(3)16(28)23(13)2/h4-9H,1-3H3,(H,22,26). The van der Waals surface area contributed by atoms with Gasteiger partial charge >= 0.3 is 11.9 Å². The predicted octanol–water partition coefficient (Wildman–Crippen LogP) is 1.65. The highest BCUT2D eigenvalue weighted by Crippen LogP contribution is 2.30. The molecule has 0 aliphatic carbocycles. The summed E-state index contributed by atoms with van der Waals surface area (Å²) in [6, 6.07) is 3.26. The summed E-state index contributed by atoms with van der Waals surface area (Å²) >= 11 is 0. The molecule has 1 N–H and O–H groups in total. The molecule has 1 amide bonds. The van der Waals surface area contributed by atoms with Crippen LogP contribution in [-0.4, -0.2) is 24.6 Å². The van der Waals surface area contributed by atoms with Crippen molar-refractivity contribution < 1.29 is 18.0 Å². The van der Waals surface area contributed by atoms with E-state index in [-0.39, 0.29) is 16.9 Å². The maximum absolute atomic E-state index is 12.8. The highest BCUT2D eigenvalue weighted by atomic mass is 19.4. The number of benzene rings is 1. The number of carbonyl (C=O) groups is 1. The SMILES string of the molecule is CC(C(=O)Nc1cccc(C(F)(F)F)c1)n1cnc2c1c(=O)n(C)c(=O)n2C. The van der Waals surface area contributed by atoms with Crippen LogP contribution in [0.1, 0.15) is 18.5 Å². The molecule has 0 fully saturated rings. The van der Waals surface area contributed by atoms with Gasteiger partial charge in [-0.05, 0) is 25.1 Å². The minimum absolute atomic E-state index is 0.0311. The Hall–Kier alpha value is -3.37. The first-order valence-corrected chi connectivity index (χ1v) is 8.13. The van der Waals surface area contributed by atoms with Crippen molar-refractivity contribution in [2.75, 3.05) is 5.32 Å². The predicted molar refractivity (Wildman–Crippen MR) is 95.0 cm³/mol. The van der Waals surface area contributed by atoms with Crippen molar-refractivity contribution in [2.45, 2.75) is 19.1 Å². The second-order valence-corrected chi connectivity index (χ2v) is 6.27. The number of halogens is 3. The number of hydrogen-bond donors (Lipinski definition) is 1. The monoisotopic (exact) mass is 395 g/mol. The molecule has 0 saturated carbocycles. The maximum atomic E-state index is 12.8. The van der Waals surface area contributed by atoms with E-state index in [0.29, 0.717) is 0 Å². The van der Waals surface area contributed by atoms with Gasteiger partial charge < -0.3 is 9.88 Å².